The number of ether oxygens (including phenoxy) is 1. The fraction of sp³-hybridized carbons (Fsp3) is 0.657. The van der Waals surface area contributed by atoms with Crippen LogP contribution in [0.4, 0.5) is 0 Å². The van der Waals surface area contributed by atoms with Crippen molar-refractivity contribution in [3.05, 3.63) is 29.8 Å². The minimum atomic E-state index is -0.749. The zero-order valence-electron chi connectivity index (χ0n) is 29.6. The monoisotopic (exact) mass is 631 g/mol. The molecule has 0 saturated heterocycles. The minimum Gasteiger partial charge on any atom is -0.488 e. The van der Waals surface area contributed by atoms with Crippen molar-refractivity contribution in [1.82, 2.24) is 16.0 Å². The zero-order chi connectivity index (χ0) is 35.2. The lowest BCUT2D eigenvalue weighted by Crippen LogP contribution is -2.46. The first kappa shape index (κ1) is 41.4. The molecular formula is C35H57N3O7. The molecule has 45 heavy (non-hydrogen) atoms. The maximum atomic E-state index is 13.1. The van der Waals surface area contributed by atoms with Gasteiger partial charge in [0.05, 0.1) is 18.1 Å². The molecule has 0 aliphatic rings. The summed E-state index contributed by atoms with van der Waals surface area (Å²) in [6.45, 7) is 23.0. The Kier molecular flexibility index (Phi) is 17.6. The van der Waals surface area contributed by atoms with E-state index in [-0.39, 0.29) is 65.0 Å². The van der Waals surface area contributed by atoms with Crippen molar-refractivity contribution in [2.24, 2.45) is 23.7 Å². The Labute approximate surface area is 270 Å². The second-order valence-corrected chi connectivity index (χ2v) is 13.6. The SMILES string of the molecule is CC(=O)N[C@@H](Cc1ccc(OC(C)(C)C)cc1)C(=O)C[C@H](C(=O)N[C@@H](C)C(C)=O)C(C)C.CC(=O)[C@H](C)NC(=O)[C@@H](C)C(C)C. The molecule has 0 spiro atoms. The van der Waals surface area contributed by atoms with Gasteiger partial charge in [0.15, 0.2) is 17.3 Å². The zero-order valence-corrected chi connectivity index (χ0v) is 29.6. The lowest BCUT2D eigenvalue weighted by molar-refractivity contribution is -0.134. The van der Waals surface area contributed by atoms with Crippen LogP contribution in [-0.4, -0.2) is 58.8 Å². The fourth-order valence-electron chi connectivity index (χ4n) is 3.93. The normalized spacial score (nSPS) is 14.6. The second-order valence-electron chi connectivity index (χ2n) is 13.6. The maximum absolute atomic E-state index is 13.1. The molecule has 0 aliphatic carbocycles. The Bertz CT molecular complexity index is 1150. The van der Waals surface area contributed by atoms with E-state index < -0.39 is 18.0 Å². The highest BCUT2D eigenvalue weighted by Crippen LogP contribution is 2.21. The third-order valence-corrected chi connectivity index (χ3v) is 7.47. The van der Waals surface area contributed by atoms with E-state index in [4.69, 9.17) is 4.74 Å². The number of amides is 3. The molecule has 0 aromatic heterocycles. The van der Waals surface area contributed by atoms with Gasteiger partial charge in [-0.1, -0.05) is 46.8 Å². The summed E-state index contributed by atoms with van der Waals surface area (Å²) in [6, 6.07) is 5.68. The Morgan fingerprint density at radius 3 is 1.53 bits per heavy atom. The Morgan fingerprint density at radius 2 is 1.16 bits per heavy atom. The lowest BCUT2D eigenvalue weighted by atomic mass is 9.86. The van der Waals surface area contributed by atoms with Crippen LogP contribution in [0.15, 0.2) is 24.3 Å². The molecule has 254 valence electrons. The highest BCUT2D eigenvalue weighted by atomic mass is 16.5. The van der Waals surface area contributed by atoms with Crippen molar-refractivity contribution in [1.29, 1.82) is 0 Å². The summed E-state index contributed by atoms with van der Waals surface area (Å²) in [7, 11) is 0. The van der Waals surface area contributed by atoms with Crippen molar-refractivity contribution < 1.29 is 33.5 Å². The number of Topliss-reactive ketones (excluding diaryl/α,β-unsaturated/α-hetero) is 3. The molecule has 0 aliphatic heterocycles. The largest absolute Gasteiger partial charge is 0.488 e. The Morgan fingerprint density at radius 1 is 0.689 bits per heavy atom. The van der Waals surface area contributed by atoms with Gasteiger partial charge in [0.1, 0.15) is 11.4 Å². The lowest BCUT2D eigenvalue weighted by Gasteiger charge is -2.24. The molecule has 0 bridgehead atoms. The van der Waals surface area contributed by atoms with Gasteiger partial charge in [-0.15, -0.1) is 0 Å². The summed E-state index contributed by atoms with van der Waals surface area (Å²) in [4.78, 5) is 71.3. The molecule has 10 nitrogen and oxygen atoms in total. The molecule has 1 rings (SSSR count). The number of benzene rings is 1. The van der Waals surface area contributed by atoms with Crippen LogP contribution in [0.2, 0.25) is 0 Å². The first-order valence-electron chi connectivity index (χ1n) is 15.7. The molecule has 0 saturated carbocycles. The average Bonchev–Trinajstić information content (AvgIpc) is 2.90. The summed E-state index contributed by atoms with van der Waals surface area (Å²) in [5.74, 6) is -0.786. The molecule has 5 atom stereocenters. The summed E-state index contributed by atoms with van der Waals surface area (Å²) in [5, 5.41) is 8.07. The molecule has 1 aromatic rings. The molecule has 10 heteroatoms. The summed E-state index contributed by atoms with van der Waals surface area (Å²) >= 11 is 0. The average molecular weight is 632 g/mol. The third-order valence-electron chi connectivity index (χ3n) is 7.47. The summed E-state index contributed by atoms with van der Waals surface area (Å²) in [5.41, 5.74) is 0.553. The van der Waals surface area contributed by atoms with Crippen LogP contribution in [0, 0.1) is 23.7 Å². The third kappa shape index (κ3) is 16.9. The molecular weight excluding hydrogens is 574 g/mol. The quantitative estimate of drug-likeness (QED) is 0.256. The van der Waals surface area contributed by atoms with Gasteiger partial charge in [-0.25, -0.2) is 0 Å². The van der Waals surface area contributed by atoms with Gasteiger partial charge in [-0.05, 0) is 84.4 Å². The van der Waals surface area contributed by atoms with E-state index in [0.29, 0.717) is 12.3 Å². The van der Waals surface area contributed by atoms with Crippen LogP contribution in [0.5, 0.6) is 5.75 Å². The summed E-state index contributed by atoms with van der Waals surface area (Å²) < 4.78 is 5.82. The van der Waals surface area contributed by atoms with Crippen LogP contribution < -0.4 is 20.7 Å². The summed E-state index contributed by atoms with van der Waals surface area (Å²) in [6.07, 6.45) is 0.286. The predicted molar refractivity (Wildman–Crippen MR) is 177 cm³/mol. The number of carbonyl (C=O) groups excluding carboxylic acids is 6. The Balaban J connectivity index is 0.00000125. The fourth-order valence-corrected chi connectivity index (χ4v) is 3.93. The van der Waals surface area contributed by atoms with Gasteiger partial charge in [0, 0.05) is 25.2 Å². The number of ketones is 3. The predicted octanol–water partition coefficient (Wildman–Crippen LogP) is 4.61. The molecule has 0 unspecified atom stereocenters. The Hall–Kier alpha value is -3.56. The van der Waals surface area contributed by atoms with E-state index in [1.165, 1.54) is 20.8 Å². The first-order valence-corrected chi connectivity index (χ1v) is 15.7. The number of hydrogen-bond acceptors (Lipinski definition) is 7. The van der Waals surface area contributed by atoms with E-state index in [2.05, 4.69) is 16.0 Å². The second kappa shape index (κ2) is 19.1. The van der Waals surface area contributed by atoms with Gasteiger partial charge in [-0.2, -0.15) is 0 Å². The molecule has 0 radical (unpaired) electrons. The number of hydrogen-bond donors (Lipinski definition) is 3. The van der Waals surface area contributed by atoms with Crippen LogP contribution in [0.3, 0.4) is 0 Å². The minimum absolute atomic E-state index is 0.00990. The van der Waals surface area contributed by atoms with Crippen LogP contribution in [0.1, 0.15) is 102 Å². The molecule has 0 heterocycles. The molecule has 3 N–H and O–H groups in total. The van der Waals surface area contributed by atoms with E-state index in [1.807, 2.05) is 79.7 Å². The van der Waals surface area contributed by atoms with E-state index in [0.717, 1.165) is 11.3 Å². The number of carbonyl (C=O) groups is 6. The van der Waals surface area contributed by atoms with Crippen molar-refractivity contribution >= 4 is 35.1 Å². The van der Waals surface area contributed by atoms with Crippen molar-refractivity contribution in [2.75, 3.05) is 0 Å². The van der Waals surface area contributed by atoms with Gasteiger partial charge in [0.2, 0.25) is 17.7 Å². The van der Waals surface area contributed by atoms with Crippen molar-refractivity contribution in [3.63, 3.8) is 0 Å². The molecule has 0 fully saturated rings. The molecule has 1 aromatic carbocycles. The van der Waals surface area contributed by atoms with Crippen LogP contribution in [0.25, 0.3) is 0 Å². The van der Waals surface area contributed by atoms with Gasteiger partial charge in [-0.3, -0.25) is 28.8 Å². The van der Waals surface area contributed by atoms with Crippen LogP contribution in [-0.2, 0) is 35.2 Å². The van der Waals surface area contributed by atoms with E-state index in [9.17, 15) is 28.8 Å². The van der Waals surface area contributed by atoms with E-state index >= 15 is 0 Å². The highest BCUT2D eigenvalue weighted by molar-refractivity contribution is 5.94. The van der Waals surface area contributed by atoms with Crippen molar-refractivity contribution in [2.45, 2.75) is 127 Å². The van der Waals surface area contributed by atoms with Crippen molar-refractivity contribution in [3.8, 4) is 5.75 Å². The smallest absolute Gasteiger partial charge is 0.224 e. The van der Waals surface area contributed by atoms with Gasteiger partial charge in [0.25, 0.3) is 0 Å². The number of nitrogens with one attached hydrogen (secondary N) is 3. The topological polar surface area (TPSA) is 148 Å². The molecule has 3 amide bonds. The van der Waals surface area contributed by atoms with Gasteiger partial charge < -0.3 is 20.7 Å². The maximum Gasteiger partial charge on any atom is 0.224 e. The standard InChI is InChI=1S/C25H38N2O5.C10H19NO2/c1-15(2)21(24(31)26-16(3)17(4)28)14-23(30)22(27-18(5)29)13-19-9-11-20(12-10-19)32-25(6,7)8;1-6(2)7(3)10(13)11-8(4)9(5)12/h9-12,15-16,21-22H,13-14H2,1-8H3,(H,26,31)(H,27,29);6-8H,1-5H3,(H,11,13)/t16-,21-,22-;7-,8-/m00/s1. The van der Waals surface area contributed by atoms with E-state index in [1.54, 1.807) is 13.8 Å². The van der Waals surface area contributed by atoms with Gasteiger partial charge >= 0.3 is 0 Å². The van der Waals surface area contributed by atoms with Crippen LogP contribution >= 0.6 is 0 Å². The number of rotatable bonds is 15. The first-order chi connectivity index (χ1) is 20.5. The highest BCUT2D eigenvalue weighted by Gasteiger charge is 2.30.